The Labute approximate surface area is 166 Å². The third-order valence-electron chi connectivity index (χ3n) is 4.67. The van der Waals surface area contributed by atoms with Gasteiger partial charge in [-0.1, -0.05) is 18.2 Å². The molecular formula is C20H24IN3O. The first kappa shape index (κ1) is 19.4. The third kappa shape index (κ3) is 3.42. The van der Waals surface area contributed by atoms with E-state index in [9.17, 15) is 4.79 Å². The number of anilines is 1. The van der Waals surface area contributed by atoms with Crippen molar-refractivity contribution in [2.75, 3.05) is 11.9 Å². The highest BCUT2D eigenvalue weighted by molar-refractivity contribution is 6.07. The maximum Gasteiger partial charge on any atom is 0.258 e. The first-order chi connectivity index (χ1) is 11.6. The summed E-state index contributed by atoms with van der Waals surface area (Å²) in [6.45, 7) is 8.23. The Hall–Kier alpha value is -1.89. The van der Waals surface area contributed by atoms with Gasteiger partial charge in [0.2, 0.25) is 0 Å². The Balaban J connectivity index is 0.00000225. The quantitative estimate of drug-likeness (QED) is 0.423. The molecule has 0 aliphatic rings. The smallest absolute Gasteiger partial charge is 0.258 e. The van der Waals surface area contributed by atoms with Crippen LogP contribution in [0.4, 0.5) is 5.69 Å². The molecule has 0 bridgehead atoms. The second kappa shape index (κ2) is 7.99. The fraction of sp³-hybridized carbons (Fsp3) is 0.300. The number of amides is 1. The number of para-hydroxylation sites is 1. The molecule has 1 heterocycles. The number of hydrogen-bond acceptors (Lipinski definition) is 1. The van der Waals surface area contributed by atoms with Gasteiger partial charge in [-0.3, -0.25) is 4.79 Å². The van der Waals surface area contributed by atoms with Crippen LogP contribution >= 0.6 is 0 Å². The molecule has 0 saturated carbocycles. The number of imidazole rings is 1. The van der Waals surface area contributed by atoms with Gasteiger partial charge in [-0.15, -0.1) is 0 Å². The molecule has 0 saturated heterocycles. The molecule has 0 aliphatic heterocycles. The Morgan fingerprint density at radius 3 is 2.40 bits per heavy atom. The molecule has 0 atom stereocenters. The lowest BCUT2D eigenvalue weighted by Gasteiger charge is -2.17. The first-order valence-corrected chi connectivity index (χ1v) is 8.44. The number of aromatic nitrogens is 2. The van der Waals surface area contributed by atoms with Gasteiger partial charge in [0, 0.05) is 31.3 Å². The topological polar surface area (TPSA) is 29.1 Å². The zero-order valence-corrected chi connectivity index (χ0v) is 17.3. The minimum absolute atomic E-state index is 0. The SMILES string of the molecule is CCn1c(C)[n+](CC)c2ccc(C(=O)N(C)c3ccccc3)cc21.[I-]. The molecule has 0 spiro atoms. The van der Waals surface area contributed by atoms with Gasteiger partial charge < -0.3 is 28.9 Å². The molecule has 3 rings (SSSR count). The van der Waals surface area contributed by atoms with Gasteiger partial charge in [0.05, 0.1) is 13.1 Å². The van der Waals surface area contributed by atoms with Crippen LogP contribution in [0.25, 0.3) is 11.0 Å². The summed E-state index contributed by atoms with van der Waals surface area (Å²) in [5.41, 5.74) is 3.90. The van der Waals surface area contributed by atoms with Crippen LogP contribution in [-0.4, -0.2) is 17.5 Å². The Morgan fingerprint density at radius 2 is 1.80 bits per heavy atom. The van der Waals surface area contributed by atoms with E-state index in [1.54, 1.807) is 4.90 Å². The Bertz CT molecular complexity index is 887. The normalized spacial score (nSPS) is 10.6. The Kier molecular flexibility index (Phi) is 6.21. The number of nitrogens with zero attached hydrogens (tertiary/aromatic N) is 3. The van der Waals surface area contributed by atoms with Crippen molar-refractivity contribution in [2.24, 2.45) is 0 Å². The van der Waals surface area contributed by atoms with E-state index in [4.69, 9.17) is 0 Å². The molecule has 5 heteroatoms. The van der Waals surface area contributed by atoms with Crippen LogP contribution in [-0.2, 0) is 13.1 Å². The number of rotatable bonds is 4. The van der Waals surface area contributed by atoms with Crippen molar-refractivity contribution in [3.63, 3.8) is 0 Å². The van der Waals surface area contributed by atoms with Crippen LogP contribution in [0.15, 0.2) is 48.5 Å². The summed E-state index contributed by atoms with van der Waals surface area (Å²) >= 11 is 0. The molecule has 0 aliphatic carbocycles. The van der Waals surface area contributed by atoms with Crippen LogP contribution in [0.2, 0.25) is 0 Å². The number of fused-ring (bicyclic) bond motifs is 1. The second-order valence-electron chi connectivity index (χ2n) is 5.94. The van der Waals surface area contributed by atoms with Crippen molar-refractivity contribution in [2.45, 2.75) is 33.9 Å². The highest BCUT2D eigenvalue weighted by Gasteiger charge is 2.22. The fourth-order valence-electron chi connectivity index (χ4n) is 3.36. The standard InChI is InChI=1S/C20H24N3O.HI/c1-5-22-15(3)23(6-2)19-14-16(12-13-18(19)22)20(24)21(4)17-10-8-7-9-11-17;/h7-14H,5-6H2,1-4H3;1H/q+1;/p-1. The molecular weight excluding hydrogens is 425 g/mol. The average molecular weight is 449 g/mol. The lowest BCUT2D eigenvalue weighted by Crippen LogP contribution is -3.00. The maximum atomic E-state index is 12.9. The molecule has 4 nitrogen and oxygen atoms in total. The van der Waals surface area contributed by atoms with Gasteiger partial charge >= 0.3 is 0 Å². The number of benzene rings is 2. The summed E-state index contributed by atoms with van der Waals surface area (Å²) in [7, 11) is 1.82. The highest BCUT2D eigenvalue weighted by Crippen LogP contribution is 2.20. The van der Waals surface area contributed by atoms with Gasteiger partial charge in [-0.25, -0.2) is 9.13 Å². The summed E-state index contributed by atoms with van der Waals surface area (Å²) in [6, 6.07) is 15.7. The van der Waals surface area contributed by atoms with Gasteiger partial charge in [0.25, 0.3) is 11.7 Å². The molecule has 2 aromatic carbocycles. The molecule has 1 amide bonds. The maximum absolute atomic E-state index is 12.9. The molecule has 0 N–H and O–H groups in total. The van der Waals surface area contributed by atoms with Crippen molar-refractivity contribution >= 4 is 22.6 Å². The van der Waals surface area contributed by atoms with Gasteiger partial charge in [0.15, 0.2) is 11.0 Å². The summed E-state index contributed by atoms with van der Waals surface area (Å²) in [5, 5.41) is 0. The predicted octanol–water partition coefficient (Wildman–Crippen LogP) is 0.558. The summed E-state index contributed by atoms with van der Waals surface area (Å²) < 4.78 is 4.55. The van der Waals surface area contributed by atoms with E-state index in [1.807, 2.05) is 49.5 Å². The molecule has 0 fully saturated rings. The molecule has 25 heavy (non-hydrogen) atoms. The number of halogens is 1. The summed E-state index contributed by atoms with van der Waals surface area (Å²) in [6.07, 6.45) is 0. The largest absolute Gasteiger partial charge is 1.00 e. The van der Waals surface area contributed by atoms with Crippen molar-refractivity contribution in [3.8, 4) is 0 Å². The summed E-state index contributed by atoms with van der Waals surface area (Å²) in [5.74, 6) is 1.23. The van der Waals surface area contributed by atoms with Crippen LogP contribution in [0.1, 0.15) is 30.0 Å². The minimum atomic E-state index is 0. The molecule has 132 valence electrons. The third-order valence-corrected chi connectivity index (χ3v) is 4.67. The number of carbonyl (C=O) groups excluding carboxylic acids is 1. The fourth-order valence-corrected chi connectivity index (χ4v) is 3.36. The number of carbonyl (C=O) groups is 1. The van der Waals surface area contributed by atoms with Crippen LogP contribution in [0.5, 0.6) is 0 Å². The first-order valence-electron chi connectivity index (χ1n) is 8.44. The van der Waals surface area contributed by atoms with E-state index >= 15 is 0 Å². The van der Waals surface area contributed by atoms with Gasteiger partial charge in [0.1, 0.15) is 0 Å². The van der Waals surface area contributed by atoms with Crippen LogP contribution < -0.4 is 33.4 Å². The van der Waals surface area contributed by atoms with Crippen molar-refractivity contribution in [3.05, 3.63) is 59.9 Å². The van der Waals surface area contributed by atoms with E-state index in [0.717, 1.165) is 24.3 Å². The van der Waals surface area contributed by atoms with Crippen LogP contribution in [0.3, 0.4) is 0 Å². The number of hydrogen-bond donors (Lipinski definition) is 0. The zero-order chi connectivity index (χ0) is 17.3. The van der Waals surface area contributed by atoms with Gasteiger partial charge in [-0.05, 0) is 38.1 Å². The minimum Gasteiger partial charge on any atom is -1.00 e. The van der Waals surface area contributed by atoms with Crippen molar-refractivity contribution in [1.82, 2.24) is 4.57 Å². The monoisotopic (exact) mass is 449 g/mol. The molecule has 0 unspecified atom stereocenters. The summed E-state index contributed by atoms with van der Waals surface area (Å²) in [4.78, 5) is 14.6. The predicted molar refractivity (Wildman–Crippen MR) is 97.4 cm³/mol. The van der Waals surface area contributed by atoms with E-state index in [1.165, 1.54) is 11.3 Å². The van der Waals surface area contributed by atoms with Crippen LogP contribution in [0, 0.1) is 6.92 Å². The number of aryl methyl sites for hydroxylation is 2. The van der Waals surface area contributed by atoms with E-state index < -0.39 is 0 Å². The van der Waals surface area contributed by atoms with Crippen molar-refractivity contribution < 1.29 is 33.3 Å². The van der Waals surface area contributed by atoms with Gasteiger partial charge in [-0.2, -0.15) is 0 Å². The lowest BCUT2D eigenvalue weighted by atomic mass is 10.1. The molecule has 1 aromatic heterocycles. The lowest BCUT2D eigenvalue weighted by molar-refractivity contribution is -0.674. The zero-order valence-electron chi connectivity index (χ0n) is 15.2. The van der Waals surface area contributed by atoms with E-state index in [2.05, 4.69) is 36.0 Å². The molecule has 0 radical (unpaired) electrons. The Morgan fingerprint density at radius 1 is 1.12 bits per heavy atom. The van der Waals surface area contributed by atoms with E-state index in [0.29, 0.717) is 5.56 Å². The second-order valence-corrected chi connectivity index (χ2v) is 5.94. The average Bonchev–Trinajstić information content (AvgIpc) is 2.90. The van der Waals surface area contributed by atoms with E-state index in [-0.39, 0.29) is 29.9 Å². The highest BCUT2D eigenvalue weighted by atomic mass is 127. The van der Waals surface area contributed by atoms with Crippen molar-refractivity contribution in [1.29, 1.82) is 0 Å². The molecule has 3 aromatic rings.